The van der Waals surface area contributed by atoms with Crippen LogP contribution >= 0.6 is 12.4 Å². The monoisotopic (exact) mass is 388 g/mol. The molecule has 1 fully saturated rings. The highest BCUT2D eigenvalue weighted by Crippen LogP contribution is 2.44. The highest BCUT2D eigenvalue weighted by atomic mass is 35.5. The Balaban J connectivity index is 0.00000243. The van der Waals surface area contributed by atoms with Gasteiger partial charge in [-0.05, 0) is 30.5 Å². The minimum Gasteiger partial charge on any atom is -0.467 e. The van der Waals surface area contributed by atoms with Crippen molar-refractivity contribution in [1.29, 1.82) is 0 Å². The zero-order valence-electron chi connectivity index (χ0n) is 13.9. The molecular weight excluding hydrogens is 369 g/mol. The van der Waals surface area contributed by atoms with Gasteiger partial charge < -0.3 is 15.5 Å². The van der Waals surface area contributed by atoms with Crippen molar-refractivity contribution in [3.63, 3.8) is 0 Å². The van der Waals surface area contributed by atoms with Crippen LogP contribution in [-0.4, -0.2) is 12.5 Å². The SMILES string of the molecule is Cl.NCc1cc(C(=O)NCC2(c3cccc(C(F)(F)F)c3)CCC2)co1. The van der Waals surface area contributed by atoms with E-state index in [1.807, 2.05) is 0 Å². The number of benzene rings is 1. The third-order valence-corrected chi connectivity index (χ3v) is 4.82. The van der Waals surface area contributed by atoms with E-state index in [1.165, 1.54) is 18.4 Å². The topological polar surface area (TPSA) is 68.3 Å². The standard InChI is InChI=1S/C18H19F3N2O2.ClH/c19-18(20,21)14-4-1-3-13(8-14)17(5-2-6-17)11-23-16(24)12-7-15(9-22)25-10-12;/h1,3-4,7-8,10H,2,5-6,9,11,22H2,(H,23,24);1H. The number of nitrogens with one attached hydrogen (secondary N) is 1. The molecule has 0 unspecified atom stereocenters. The normalized spacial score (nSPS) is 15.7. The predicted molar refractivity (Wildman–Crippen MR) is 93.2 cm³/mol. The lowest BCUT2D eigenvalue weighted by atomic mass is 9.64. The van der Waals surface area contributed by atoms with Gasteiger partial charge >= 0.3 is 6.18 Å². The highest BCUT2D eigenvalue weighted by molar-refractivity contribution is 5.94. The van der Waals surface area contributed by atoms with Crippen molar-refractivity contribution in [2.75, 3.05) is 6.54 Å². The molecule has 142 valence electrons. The van der Waals surface area contributed by atoms with Gasteiger partial charge in [-0.2, -0.15) is 13.2 Å². The van der Waals surface area contributed by atoms with E-state index in [0.717, 1.165) is 25.3 Å². The van der Waals surface area contributed by atoms with Crippen molar-refractivity contribution < 1.29 is 22.4 Å². The average molecular weight is 389 g/mol. The number of carbonyl (C=O) groups excluding carboxylic acids is 1. The summed E-state index contributed by atoms with van der Waals surface area (Å²) in [4.78, 5) is 12.2. The zero-order valence-corrected chi connectivity index (χ0v) is 14.8. The van der Waals surface area contributed by atoms with E-state index >= 15 is 0 Å². The van der Waals surface area contributed by atoms with Crippen molar-refractivity contribution in [3.05, 3.63) is 59.0 Å². The van der Waals surface area contributed by atoms with Crippen LogP contribution in [0.1, 0.15) is 46.5 Å². The Bertz CT molecular complexity index is 770. The van der Waals surface area contributed by atoms with E-state index in [1.54, 1.807) is 12.1 Å². The Hall–Kier alpha value is -1.99. The summed E-state index contributed by atoms with van der Waals surface area (Å²) in [7, 11) is 0. The van der Waals surface area contributed by atoms with Crippen LogP contribution in [0.25, 0.3) is 0 Å². The number of carbonyl (C=O) groups is 1. The number of hydrogen-bond acceptors (Lipinski definition) is 3. The first-order valence-corrected chi connectivity index (χ1v) is 8.07. The van der Waals surface area contributed by atoms with Gasteiger partial charge in [0.2, 0.25) is 0 Å². The minimum absolute atomic E-state index is 0. The van der Waals surface area contributed by atoms with E-state index < -0.39 is 17.2 Å². The van der Waals surface area contributed by atoms with E-state index in [4.69, 9.17) is 10.2 Å². The zero-order chi connectivity index (χ0) is 18.1. The fourth-order valence-electron chi connectivity index (χ4n) is 3.15. The van der Waals surface area contributed by atoms with Crippen LogP contribution < -0.4 is 11.1 Å². The van der Waals surface area contributed by atoms with Gasteiger partial charge in [-0.3, -0.25) is 4.79 Å². The first-order chi connectivity index (χ1) is 11.8. The number of rotatable bonds is 5. The van der Waals surface area contributed by atoms with Crippen LogP contribution in [0.3, 0.4) is 0 Å². The number of alkyl halides is 3. The fourth-order valence-corrected chi connectivity index (χ4v) is 3.15. The van der Waals surface area contributed by atoms with Crippen LogP contribution in [-0.2, 0) is 18.1 Å². The molecule has 1 aliphatic rings. The van der Waals surface area contributed by atoms with Gasteiger partial charge in [-0.15, -0.1) is 12.4 Å². The van der Waals surface area contributed by atoms with Gasteiger partial charge in [-0.25, -0.2) is 0 Å². The summed E-state index contributed by atoms with van der Waals surface area (Å²) in [5.41, 5.74) is 5.31. The second-order valence-electron chi connectivity index (χ2n) is 6.40. The van der Waals surface area contributed by atoms with Crippen molar-refractivity contribution in [1.82, 2.24) is 5.32 Å². The fraction of sp³-hybridized carbons (Fsp3) is 0.389. The molecule has 4 nitrogen and oxygen atoms in total. The molecule has 26 heavy (non-hydrogen) atoms. The molecule has 3 N–H and O–H groups in total. The Labute approximate surface area is 155 Å². The molecule has 3 rings (SSSR count). The summed E-state index contributed by atoms with van der Waals surface area (Å²) in [6, 6.07) is 6.94. The van der Waals surface area contributed by atoms with Crippen LogP contribution in [0, 0.1) is 0 Å². The summed E-state index contributed by atoms with van der Waals surface area (Å²) in [6.07, 6.45) is -0.633. The molecule has 1 aromatic heterocycles. The maximum atomic E-state index is 13.0. The molecule has 1 amide bonds. The predicted octanol–water partition coefficient (Wildman–Crippen LogP) is 4.03. The van der Waals surface area contributed by atoms with E-state index in [-0.39, 0.29) is 31.4 Å². The molecule has 0 saturated heterocycles. The Morgan fingerprint density at radius 3 is 2.54 bits per heavy atom. The Kier molecular flexibility index (Phi) is 6.03. The summed E-state index contributed by atoms with van der Waals surface area (Å²) < 4.78 is 44.0. The van der Waals surface area contributed by atoms with Crippen molar-refractivity contribution >= 4 is 18.3 Å². The van der Waals surface area contributed by atoms with Crippen LogP contribution in [0.15, 0.2) is 41.0 Å². The van der Waals surface area contributed by atoms with Crippen LogP contribution in [0.4, 0.5) is 13.2 Å². The quantitative estimate of drug-likeness (QED) is 0.812. The molecule has 0 radical (unpaired) electrons. The largest absolute Gasteiger partial charge is 0.467 e. The van der Waals surface area contributed by atoms with Crippen LogP contribution in [0.5, 0.6) is 0 Å². The number of hydrogen-bond donors (Lipinski definition) is 2. The first-order valence-electron chi connectivity index (χ1n) is 8.07. The van der Waals surface area contributed by atoms with Crippen molar-refractivity contribution in [2.45, 2.75) is 37.4 Å². The molecule has 2 aromatic rings. The molecule has 1 heterocycles. The number of nitrogens with two attached hydrogens (primary N) is 1. The summed E-state index contributed by atoms with van der Waals surface area (Å²) in [5, 5.41) is 2.81. The van der Waals surface area contributed by atoms with Gasteiger partial charge in [0.15, 0.2) is 0 Å². The lowest BCUT2D eigenvalue weighted by Crippen LogP contribution is -2.45. The van der Waals surface area contributed by atoms with Gasteiger partial charge in [-0.1, -0.05) is 24.6 Å². The van der Waals surface area contributed by atoms with Gasteiger partial charge in [0, 0.05) is 12.0 Å². The van der Waals surface area contributed by atoms with E-state index in [2.05, 4.69) is 5.32 Å². The molecule has 0 bridgehead atoms. The second-order valence-corrected chi connectivity index (χ2v) is 6.40. The molecule has 0 aliphatic heterocycles. The number of furan rings is 1. The average Bonchev–Trinajstić information content (AvgIpc) is 3.02. The summed E-state index contributed by atoms with van der Waals surface area (Å²) in [5.74, 6) is 0.183. The second kappa shape index (κ2) is 7.72. The summed E-state index contributed by atoms with van der Waals surface area (Å²) >= 11 is 0. The molecule has 1 saturated carbocycles. The first kappa shape index (κ1) is 20.3. The number of halogens is 4. The maximum Gasteiger partial charge on any atom is 0.416 e. The third-order valence-electron chi connectivity index (χ3n) is 4.82. The van der Waals surface area contributed by atoms with E-state index in [0.29, 0.717) is 16.9 Å². The highest BCUT2D eigenvalue weighted by Gasteiger charge is 2.40. The molecular formula is C18H20ClF3N2O2. The van der Waals surface area contributed by atoms with Gasteiger partial charge in [0.25, 0.3) is 5.91 Å². The lowest BCUT2D eigenvalue weighted by Gasteiger charge is -2.42. The Morgan fingerprint density at radius 1 is 1.27 bits per heavy atom. The van der Waals surface area contributed by atoms with Crippen LogP contribution in [0.2, 0.25) is 0 Å². The van der Waals surface area contributed by atoms with Gasteiger partial charge in [0.1, 0.15) is 12.0 Å². The third kappa shape index (κ3) is 4.04. The van der Waals surface area contributed by atoms with E-state index in [9.17, 15) is 18.0 Å². The molecule has 1 aliphatic carbocycles. The van der Waals surface area contributed by atoms with Crippen molar-refractivity contribution in [2.24, 2.45) is 5.73 Å². The molecule has 0 spiro atoms. The summed E-state index contributed by atoms with van der Waals surface area (Å²) in [6.45, 7) is 0.484. The minimum atomic E-state index is -4.38. The van der Waals surface area contributed by atoms with Gasteiger partial charge in [0.05, 0.1) is 17.7 Å². The smallest absolute Gasteiger partial charge is 0.416 e. The molecule has 0 atom stereocenters. The molecule has 1 aromatic carbocycles. The Morgan fingerprint density at radius 2 is 2.00 bits per heavy atom. The van der Waals surface area contributed by atoms with Crippen molar-refractivity contribution in [3.8, 4) is 0 Å². The number of amides is 1. The lowest BCUT2D eigenvalue weighted by molar-refractivity contribution is -0.137. The molecule has 8 heteroatoms. The maximum absolute atomic E-state index is 13.0.